The zero-order valence-corrected chi connectivity index (χ0v) is 10.8. The maximum Gasteiger partial charge on any atom is 0.213 e. The third-order valence-electron chi connectivity index (χ3n) is 2.47. The number of hydrogen-bond donors (Lipinski definition) is 3. The molecule has 0 bridgehead atoms. The van der Waals surface area contributed by atoms with E-state index in [4.69, 9.17) is 10.6 Å². The van der Waals surface area contributed by atoms with E-state index in [1.54, 1.807) is 19.4 Å². The van der Waals surface area contributed by atoms with E-state index in [0.29, 0.717) is 29.9 Å². The Morgan fingerprint density at radius 2 is 2.05 bits per heavy atom. The molecule has 0 aliphatic heterocycles. The van der Waals surface area contributed by atoms with E-state index in [9.17, 15) is 0 Å². The molecule has 0 atom stereocenters. The van der Waals surface area contributed by atoms with Gasteiger partial charge in [0.2, 0.25) is 5.88 Å². The molecule has 100 valence electrons. The maximum absolute atomic E-state index is 5.34. The Labute approximate surface area is 111 Å². The van der Waals surface area contributed by atoms with Gasteiger partial charge in [0.05, 0.1) is 7.11 Å². The van der Waals surface area contributed by atoms with Gasteiger partial charge in [-0.1, -0.05) is 0 Å². The Balaban J connectivity index is 2.07. The molecule has 2 rings (SSSR count). The van der Waals surface area contributed by atoms with Crippen LogP contribution in [0.15, 0.2) is 24.4 Å². The molecule has 7 nitrogen and oxygen atoms in total. The largest absolute Gasteiger partial charge is 0.481 e. The number of hydrogen-bond acceptors (Lipinski definition) is 7. The number of methoxy groups -OCH3 is 1. The minimum atomic E-state index is 0.572. The summed E-state index contributed by atoms with van der Waals surface area (Å²) >= 11 is 0. The number of rotatable bonds is 5. The summed E-state index contributed by atoms with van der Waals surface area (Å²) in [6.45, 7) is 2.42. The summed E-state index contributed by atoms with van der Waals surface area (Å²) in [5, 5.41) is 3.20. The summed E-state index contributed by atoms with van der Waals surface area (Å²) in [5.41, 5.74) is 3.55. The SMILES string of the molecule is COc1cc(CNc2cc(NN)nc(C)n2)ccn1. The van der Waals surface area contributed by atoms with Crippen molar-refractivity contribution >= 4 is 11.6 Å². The Morgan fingerprint density at radius 1 is 1.26 bits per heavy atom. The first-order valence-corrected chi connectivity index (χ1v) is 5.76. The van der Waals surface area contributed by atoms with E-state index in [1.165, 1.54) is 0 Å². The molecule has 0 radical (unpaired) electrons. The first kappa shape index (κ1) is 13.0. The van der Waals surface area contributed by atoms with Gasteiger partial charge in [-0.25, -0.2) is 20.8 Å². The lowest BCUT2D eigenvalue weighted by atomic mass is 10.2. The number of aryl methyl sites for hydroxylation is 1. The molecule has 0 fully saturated rings. The Morgan fingerprint density at radius 3 is 2.79 bits per heavy atom. The molecule has 0 unspecified atom stereocenters. The normalized spacial score (nSPS) is 10.1. The lowest BCUT2D eigenvalue weighted by molar-refractivity contribution is 0.397. The molecular formula is C12H16N6O. The van der Waals surface area contributed by atoms with Crippen molar-refractivity contribution in [1.82, 2.24) is 15.0 Å². The predicted octanol–water partition coefficient (Wildman–Crippen LogP) is 1.09. The van der Waals surface area contributed by atoms with Gasteiger partial charge < -0.3 is 15.5 Å². The first-order chi connectivity index (χ1) is 9.21. The number of aromatic nitrogens is 3. The second-order valence-electron chi connectivity index (χ2n) is 3.89. The van der Waals surface area contributed by atoms with E-state index in [-0.39, 0.29) is 0 Å². The summed E-state index contributed by atoms with van der Waals surface area (Å²) in [4.78, 5) is 12.4. The van der Waals surface area contributed by atoms with Gasteiger partial charge in [-0.2, -0.15) is 0 Å². The van der Waals surface area contributed by atoms with Gasteiger partial charge in [0.25, 0.3) is 0 Å². The number of ether oxygens (including phenoxy) is 1. The monoisotopic (exact) mass is 260 g/mol. The molecule has 2 aromatic rings. The molecule has 0 spiro atoms. The highest BCUT2D eigenvalue weighted by molar-refractivity contribution is 5.47. The van der Waals surface area contributed by atoms with Gasteiger partial charge in [0.15, 0.2) is 0 Å². The topological polar surface area (TPSA) is 98.0 Å². The Kier molecular flexibility index (Phi) is 4.09. The lowest BCUT2D eigenvalue weighted by Crippen LogP contribution is -2.11. The molecule has 0 aromatic carbocycles. The number of hydrazine groups is 1. The molecule has 2 heterocycles. The minimum absolute atomic E-state index is 0.572. The highest BCUT2D eigenvalue weighted by Crippen LogP contribution is 2.13. The van der Waals surface area contributed by atoms with E-state index in [2.05, 4.69) is 25.7 Å². The quantitative estimate of drug-likeness (QED) is 0.546. The molecule has 19 heavy (non-hydrogen) atoms. The van der Waals surface area contributed by atoms with Crippen molar-refractivity contribution < 1.29 is 4.74 Å². The average molecular weight is 260 g/mol. The summed E-state index contributed by atoms with van der Waals surface area (Å²) in [6.07, 6.45) is 1.70. The first-order valence-electron chi connectivity index (χ1n) is 5.76. The van der Waals surface area contributed by atoms with E-state index in [0.717, 1.165) is 5.56 Å². The average Bonchev–Trinajstić information content (AvgIpc) is 2.44. The number of pyridine rings is 1. The summed E-state index contributed by atoms with van der Waals surface area (Å²) in [7, 11) is 1.59. The molecule has 0 aliphatic carbocycles. The summed E-state index contributed by atoms with van der Waals surface area (Å²) in [6, 6.07) is 5.51. The van der Waals surface area contributed by atoms with Crippen LogP contribution < -0.4 is 21.3 Å². The summed E-state index contributed by atoms with van der Waals surface area (Å²) < 4.78 is 5.07. The molecule has 4 N–H and O–H groups in total. The fraction of sp³-hybridized carbons (Fsp3) is 0.250. The van der Waals surface area contributed by atoms with Crippen LogP contribution in [-0.2, 0) is 6.54 Å². The second-order valence-corrected chi connectivity index (χ2v) is 3.89. The Hall–Kier alpha value is -2.41. The van der Waals surface area contributed by atoms with Crippen molar-refractivity contribution in [2.24, 2.45) is 5.84 Å². The molecule has 0 amide bonds. The van der Waals surface area contributed by atoms with Gasteiger partial charge in [-0.05, 0) is 18.6 Å². The third-order valence-corrected chi connectivity index (χ3v) is 2.47. The molecule has 0 saturated carbocycles. The number of nitrogens with zero attached hydrogens (tertiary/aromatic N) is 3. The smallest absolute Gasteiger partial charge is 0.213 e. The summed E-state index contributed by atoms with van der Waals surface area (Å²) in [5.74, 6) is 7.85. The maximum atomic E-state index is 5.34. The van der Waals surface area contributed by atoms with Crippen molar-refractivity contribution in [1.29, 1.82) is 0 Å². The standard InChI is InChI=1S/C12H16N6O/c1-8-16-10(6-11(17-8)18-13)15-7-9-3-4-14-12(5-9)19-2/h3-6H,7,13H2,1-2H3,(H2,15,16,17,18). The second kappa shape index (κ2) is 5.96. The van der Waals surface area contributed by atoms with Crippen molar-refractivity contribution in [2.75, 3.05) is 17.9 Å². The van der Waals surface area contributed by atoms with Crippen LogP contribution in [0.4, 0.5) is 11.6 Å². The van der Waals surface area contributed by atoms with Gasteiger partial charge in [-0.15, -0.1) is 0 Å². The van der Waals surface area contributed by atoms with Crippen molar-refractivity contribution in [3.63, 3.8) is 0 Å². The van der Waals surface area contributed by atoms with Crippen molar-refractivity contribution in [3.05, 3.63) is 35.8 Å². The number of nitrogens with two attached hydrogens (primary N) is 1. The zero-order chi connectivity index (χ0) is 13.7. The van der Waals surface area contributed by atoms with Crippen LogP contribution in [0.1, 0.15) is 11.4 Å². The van der Waals surface area contributed by atoms with Crippen LogP contribution in [0.25, 0.3) is 0 Å². The van der Waals surface area contributed by atoms with Gasteiger partial charge in [-0.3, -0.25) is 0 Å². The Bertz CT molecular complexity index is 560. The number of nitrogens with one attached hydrogen (secondary N) is 2. The molecule has 7 heteroatoms. The zero-order valence-electron chi connectivity index (χ0n) is 10.8. The minimum Gasteiger partial charge on any atom is -0.481 e. The highest BCUT2D eigenvalue weighted by Gasteiger charge is 2.02. The van der Waals surface area contributed by atoms with Crippen molar-refractivity contribution in [3.8, 4) is 5.88 Å². The number of nitrogen functional groups attached to an aromatic ring is 1. The lowest BCUT2D eigenvalue weighted by Gasteiger charge is -2.08. The van der Waals surface area contributed by atoms with Crippen LogP contribution in [0.5, 0.6) is 5.88 Å². The number of anilines is 2. The third kappa shape index (κ3) is 3.52. The van der Waals surface area contributed by atoms with Crippen LogP contribution in [0, 0.1) is 6.92 Å². The fourth-order valence-corrected chi connectivity index (χ4v) is 1.60. The van der Waals surface area contributed by atoms with Crippen LogP contribution in [0.2, 0.25) is 0 Å². The van der Waals surface area contributed by atoms with E-state index < -0.39 is 0 Å². The van der Waals surface area contributed by atoms with E-state index in [1.807, 2.05) is 19.1 Å². The van der Waals surface area contributed by atoms with Gasteiger partial charge in [0, 0.05) is 24.9 Å². The van der Waals surface area contributed by atoms with Crippen molar-refractivity contribution in [2.45, 2.75) is 13.5 Å². The van der Waals surface area contributed by atoms with Crippen LogP contribution in [0.3, 0.4) is 0 Å². The highest BCUT2D eigenvalue weighted by atomic mass is 16.5. The fourth-order valence-electron chi connectivity index (χ4n) is 1.60. The van der Waals surface area contributed by atoms with Crippen LogP contribution >= 0.6 is 0 Å². The molecule has 0 saturated heterocycles. The molecule has 0 aliphatic rings. The van der Waals surface area contributed by atoms with Gasteiger partial charge >= 0.3 is 0 Å². The predicted molar refractivity (Wildman–Crippen MR) is 72.7 cm³/mol. The molecular weight excluding hydrogens is 244 g/mol. The van der Waals surface area contributed by atoms with E-state index >= 15 is 0 Å². The van der Waals surface area contributed by atoms with Gasteiger partial charge in [0.1, 0.15) is 17.5 Å². The van der Waals surface area contributed by atoms with Crippen LogP contribution in [-0.4, -0.2) is 22.1 Å². The molecule has 2 aromatic heterocycles.